The number of amides is 1. The molecule has 2 N–H and O–H groups in total. The maximum atomic E-state index is 13.3. The number of fused-ring (bicyclic) bond motifs is 1. The van der Waals surface area contributed by atoms with Crippen LogP contribution < -0.4 is 14.8 Å². The van der Waals surface area contributed by atoms with Crippen molar-refractivity contribution in [1.82, 2.24) is 9.78 Å². The van der Waals surface area contributed by atoms with Crippen LogP contribution in [0.2, 0.25) is 0 Å². The van der Waals surface area contributed by atoms with Crippen molar-refractivity contribution in [1.29, 1.82) is 0 Å². The first-order valence-electron chi connectivity index (χ1n) is 11.0. The Morgan fingerprint density at radius 2 is 1.85 bits per heavy atom. The normalized spacial score (nSPS) is 13.7. The summed E-state index contributed by atoms with van der Waals surface area (Å²) in [6.45, 7) is 3.70. The smallest absolute Gasteiger partial charge is 0.262 e. The molecule has 2 aromatic carbocycles. The van der Waals surface area contributed by atoms with Crippen molar-refractivity contribution in [3.63, 3.8) is 0 Å². The third-order valence-electron chi connectivity index (χ3n) is 5.61. The van der Waals surface area contributed by atoms with E-state index in [1.165, 1.54) is 11.8 Å². The van der Waals surface area contributed by atoms with E-state index in [1.54, 1.807) is 49.4 Å². The predicted molar refractivity (Wildman–Crippen MR) is 129 cm³/mol. The Kier molecular flexibility index (Phi) is 6.43. The molecule has 34 heavy (non-hydrogen) atoms. The van der Waals surface area contributed by atoms with Gasteiger partial charge in [0.25, 0.3) is 10.0 Å². The summed E-state index contributed by atoms with van der Waals surface area (Å²) in [7, 11) is -2.39. The lowest BCUT2D eigenvalue weighted by atomic mass is 10.0. The Bertz CT molecular complexity index is 1360. The summed E-state index contributed by atoms with van der Waals surface area (Å²) in [6.07, 6.45) is 1.47. The van der Waals surface area contributed by atoms with E-state index in [-0.39, 0.29) is 35.4 Å². The number of hydrogen-bond donors (Lipinski definition) is 2. The molecule has 9 nitrogen and oxygen atoms in total. The summed E-state index contributed by atoms with van der Waals surface area (Å²) in [5.41, 5.74) is 2.70. The van der Waals surface area contributed by atoms with Crippen molar-refractivity contribution in [3.05, 3.63) is 53.7 Å². The first-order valence-corrected chi connectivity index (χ1v) is 12.4. The van der Waals surface area contributed by atoms with Crippen LogP contribution in [0.5, 0.6) is 5.75 Å². The lowest BCUT2D eigenvalue weighted by molar-refractivity contribution is -0.116. The van der Waals surface area contributed by atoms with Gasteiger partial charge in [-0.25, -0.2) is 8.42 Å². The van der Waals surface area contributed by atoms with Crippen molar-refractivity contribution in [2.45, 2.75) is 44.4 Å². The number of aryl methyl sites for hydroxylation is 2. The van der Waals surface area contributed by atoms with Gasteiger partial charge in [-0.05, 0) is 54.8 Å². The highest BCUT2D eigenvalue weighted by Gasteiger charge is 2.28. The van der Waals surface area contributed by atoms with E-state index in [4.69, 9.17) is 4.74 Å². The highest BCUT2D eigenvalue weighted by molar-refractivity contribution is 7.92. The van der Waals surface area contributed by atoms with Crippen molar-refractivity contribution < 1.29 is 22.7 Å². The second-order valence-corrected chi connectivity index (χ2v) is 9.74. The van der Waals surface area contributed by atoms with Crippen molar-refractivity contribution >= 4 is 33.3 Å². The number of hydrogen-bond acceptors (Lipinski definition) is 6. The average molecular weight is 483 g/mol. The fourth-order valence-corrected chi connectivity index (χ4v) is 5.24. The van der Waals surface area contributed by atoms with Gasteiger partial charge in [-0.15, -0.1) is 0 Å². The molecule has 1 aromatic heterocycles. The minimum Gasteiger partial charge on any atom is -0.497 e. The Balaban J connectivity index is 1.80. The second-order valence-electron chi connectivity index (χ2n) is 8.09. The van der Waals surface area contributed by atoms with Crippen LogP contribution in [0.4, 0.5) is 11.5 Å². The first kappa shape index (κ1) is 23.5. The highest BCUT2D eigenvalue weighted by Crippen LogP contribution is 2.36. The molecule has 0 saturated carbocycles. The monoisotopic (exact) mass is 482 g/mol. The minimum absolute atomic E-state index is 0.0603. The summed E-state index contributed by atoms with van der Waals surface area (Å²) in [5.74, 6) is 0.338. The molecule has 0 aliphatic carbocycles. The van der Waals surface area contributed by atoms with Gasteiger partial charge in [-0.1, -0.05) is 25.5 Å². The fraction of sp³-hybridized carbons (Fsp3) is 0.292. The molecule has 3 aromatic rings. The van der Waals surface area contributed by atoms with Crippen LogP contribution >= 0.6 is 0 Å². The summed E-state index contributed by atoms with van der Waals surface area (Å²) in [5, 5.41) is 7.25. The fourth-order valence-electron chi connectivity index (χ4n) is 3.91. The number of carbonyl (C=O) groups is 2. The number of rotatable bonds is 7. The van der Waals surface area contributed by atoms with Gasteiger partial charge in [0, 0.05) is 24.1 Å². The summed E-state index contributed by atoms with van der Waals surface area (Å²) in [6, 6.07) is 11.6. The molecule has 1 amide bonds. The Morgan fingerprint density at radius 3 is 2.53 bits per heavy atom. The first-order chi connectivity index (χ1) is 16.2. The molecule has 0 saturated heterocycles. The Labute approximate surface area is 198 Å². The predicted octanol–water partition coefficient (Wildman–Crippen LogP) is 3.99. The molecular weight excluding hydrogens is 456 g/mol. The van der Waals surface area contributed by atoms with E-state index in [0.29, 0.717) is 40.2 Å². The van der Waals surface area contributed by atoms with E-state index in [1.807, 2.05) is 6.92 Å². The van der Waals surface area contributed by atoms with E-state index in [0.717, 1.165) is 6.42 Å². The van der Waals surface area contributed by atoms with Crippen LogP contribution in [-0.4, -0.2) is 37.1 Å². The lowest BCUT2D eigenvalue weighted by Gasteiger charge is -2.14. The van der Waals surface area contributed by atoms with Crippen LogP contribution in [0.3, 0.4) is 0 Å². The van der Waals surface area contributed by atoms with E-state index < -0.39 is 10.0 Å². The van der Waals surface area contributed by atoms with Gasteiger partial charge in [-0.3, -0.25) is 14.3 Å². The molecule has 0 atom stereocenters. The standard InChI is InChI=1S/C24H26N4O5S/c1-4-5-19-23(24-25-21(29)12-13-22(30)28(24)26-19)16-7-6-15(2)20(14-16)34(31,32)27-17-8-10-18(33-3)11-9-17/h6-11,14,27H,4-5,12-13H2,1-3H3,(H,25,29). The topological polar surface area (TPSA) is 119 Å². The molecule has 0 spiro atoms. The van der Waals surface area contributed by atoms with Crippen molar-refractivity contribution in [3.8, 4) is 16.9 Å². The average Bonchev–Trinajstić information content (AvgIpc) is 3.09. The van der Waals surface area contributed by atoms with Crippen LogP contribution in [0.1, 0.15) is 42.2 Å². The van der Waals surface area contributed by atoms with E-state index in [9.17, 15) is 18.0 Å². The number of carbonyl (C=O) groups excluding carboxylic acids is 2. The zero-order chi connectivity index (χ0) is 24.5. The molecule has 0 fully saturated rings. The highest BCUT2D eigenvalue weighted by atomic mass is 32.2. The number of anilines is 2. The lowest BCUT2D eigenvalue weighted by Crippen LogP contribution is -2.15. The number of benzene rings is 2. The van der Waals surface area contributed by atoms with Gasteiger partial charge in [0.1, 0.15) is 11.6 Å². The van der Waals surface area contributed by atoms with Gasteiger partial charge < -0.3 is 10.1 Å². The zero-order valence-corrected chi connectivity index (χ0v) is 20.0. The van der Waals surface area contributed by atoms with Gasteiger partial charge in [0.05, 0.1) is 17.7 Å². The van der Waals surface area contributed by atoms with Crippen molar-refractivity contribution in [2.24, 2.45) is 0 Å². The summed E-state index contributed by atoms with van der Waals surface area (Å²) in [4.78, 5) is 24.9. The number of aromatic nitrogens is 2. The molecular formula is C24H26N4O5S. The molecule has 4 rings (SSSR count). The van der Waals surface area contributed by atoms with Gasteiger partial charge in [-0.2, -0.15) is 9.78 Å². The maximum absolute atomic E-state index is 13.3. The third kappa shape index (κ3) is 4.54. The third-order valence-corrected chi connectivity index (χ3v) is 7.14. The molecule has 178 valence electrons. The van der Waals surface area contributed by atoms with Gasteiger partial charge in [0.15, 0.2) is 0 Å². The van der Waals surface area contributed by atoms with Crippen LogP contribution in [0.25, 0.3) is 11.1 Å². The molecule has 0 radical (unpaired) electrons. The number of nitrogens with one attached hydrogen (secondary N) is 2. The Hall–Kier alpha value is -3.66. The zero-order valence-electron chi connectivity index (χ0n) is 19.2. The molecule has 10 heteroatoms. The summed E-state index contributed by atoms with van der Waals surface area (Å²) >= 11 is 0. The second kappa shape index (κ2) is 9.30. The van der Waals surface area contributed by atoms with E-state index in [2.05, 4.69) is 15.1 Å². The number of methoxy groups -OCH3 is 1. The molecule has 0 unspecified atom stereocenters. The van der Waals surface area contributed by atoms with Crippen molar-refractivity contribution in [2.75, 3.05) is 17.1 Å². The van der Waals surface area contributed by atoms with Crippen LogP contribution in [0, 0.1) is 6.92 Å². The van der Waals surface area contributed by atoms with Crippen LogP contribution in [-0.2, 0) is 21.2 Å². The molecule has 2 heterocycles. The maximum Gasteiger partial charge on any atom is 0.262 e. The largest absolute Gasteiger partial charge is 0.497 e. The number of ether oxygens (including phenoxy) is 1. The Morgan fingerprint density at radius 1 is 1.12 bits per heavy atom. The molecule has 1 aliphatic heterocycles. The molecule has 1 aliphatic rings. The van der Waals surface area contributed by atoms with Crippen LogP contribution in [0.15, 0.2) is 47.4 Å². The quantitative estimate of drug-likeness (QED) is 0.525. The SMILES string of the molecule is CCCc1nn2c(c1-c1ccc(C)c(S(=O)(=O)Nc3ccc(OC)cc3)c1)NC(=O)CCC2=O. The van der Waals surface area contributed by atoms with Gasteiger partial charge in [0.2, 0.25) is 11.8 Å². The van der Waals surface area contributed by atoms with E-state index >= 15 is 0 Å². The summed E-state index contributed by atoms with van der Waals surface area (Å²) < 4.78 is 35.5. The minimum atomic E-state index is -3.92. The number of sulfonamides is 1. The van der Waals surface area contributed by atoms with Gasteiger partial charge >= 0.3 is 0 Å². The number of nitrogens with zero attached hydrogens (tertiary/aromatic N) is 2. The molecule has 0 bridgehead atoms.